The highest BCUT2D eigenvalue weighted by Gasteiger charge is 2.46. The van der Waals surface area contributed by atoms with Crippen LogP contribution < -0.4 is 34.4 Å². The SMILES string of the molecule is CCCCCCOc1ccc(N(c2ccc(/C=C/c3sc(/C=C(\C#N)C(=O)Nc4ccc([Si]56OCCN(CCO5)CCO6)cc4)c4c3OCC(CCCCC)(CCCCC)CO4)cc2)c2ccc(OCCCCCC)cc2)cc1. The minimum atomic E-state index is -3.11. The lowest BCUT2D eigenvalue weighted by Crippen LogP contribution is -2.62. The van der Waals surface area contributed by atoms with Gasteiger partial charge < -0.3 is 42.4 Å². The van der Waals surface area contributed by atoms with Gasteiger partial charge in [0.2, 0.25) is 0 Å². The summed E-state index contributed by atoms with van der Waals surface area (Å²) in [5.74, 6) is 2.42. The van der Waals surface area contributed by atoms with Crippen molar-refractivity contribution in [1.29, 1.82) is 5.26 Å². The van der Waals surface area contributed by atoms with Crippen molar-refractivity contribution in [2.75, 3.05) is 76.1 Å². The van der Waals surface area contributed by atoms with Crippen LogP contribution in [0, 0.1) is 16.7 Å². The number of fused-ring (bicyclic) bond motifs is 7. The number of nitriles is 1. The van der Waals surface area contributed by atoms with E-state index >= 15 is 0 Å². The van der Waals surface area contributed by atoms with Crippen molar-refractivity contribution in [3.63, 3.8) is 0 Å². The first-order chi connectivity index (χ1) is 38.8. The third kappa shape index (κ3) is 16.6. The Morgan fingerprint density at radius 3 is 1.61 bits per heavy atom. The zero-order chi connectivity index (χ0) is 55.1. The number of carbonyl (C=O) groups excluding carboxylic acids is 1. The molecular formula is C65H84N4O8SSi. The van der Waals surface area contributed by atoms with Gasteiger partial charge in [0, 0.05) is 53.0 Å². The number of nitrogens with zero attached hydrogens (tertiary/aromatic N) is 3. The van der Waals surface area contributed by atoms with Crippen LogP contribution in [0.25, 0.3) is 18.2 Å². The zero-order valence-electron chi connectivity index (χ0n) is 47.4. The summed E-state index contributed by atoms with van der Waals surface area (Å²) in [6.07, 6.45) is 23.8. The Morgan fingerprint density at radius 2 is 1.11 bits per heavy atom. The Labute approximate surface area is 476 Å². The van der Waals surface area contributed by atoms with Crippen molar-refractivity contribution < 1.29 is 37.0 Å². The number of rotatable bonds is 29. The number of nitrogens with one attached hydrogen (secondary N) is 1. The van der Waals surface area contributed by atoms with Crippen LogP contribution in [-0.4, -0.2) is 85.5 Å². The number of unbranched alkanes of at least 4 members (excludes halogenated alkanes) is 10. The van der Waals surface area contributed by atoms with Gasteiger partial charge in [0.25, 0.3) is 5.91 Å². The van der Waals surface area contributed by atoms with Crippen LogP contribution in [0.5, 0.6) is 23.0 Å². The van der Waals surface area contributed by atoms with Gasteiger partial charge in [-0.2, -0.15) is 5.26 Å². The first-order valence-corrected chi connectivity index (χ1v) is 32.0. The minimum absolute atomic E-state index is 0.0458. The monoisotopic (exact) mass is 1110 g/mol. The average Bonchev–Trinajstić information content (AvgIpc) is 3.81. The fourth-order valence-electron chi connectivity index (χ4n) is 10.4. The summed E-state index contributed by atoms with van der Waals surface area (Å²) in [4.78, 5) is 20.0. The Kier molecular flexibility index (Phi) is 22.9. The first-order valence-electron chi connectivity index (χ1n) is 29.4. The largest absolute Gasteiger partial charge is 0.537 e. The molecule has 79 heavy (non-hydrogen) atoms. The number of thiophene rings is 1. The molecule has 12 nitrogen and oxygen atoms in total. The molecule has 4 aliphatic heterocycles. The van der Waals surface area contributed by atoms with Gasteiger partial charge in [-0.1, -0.05) is 135 Å². The van der Waals surface area contributed by atoms with Gasteiger partial charge in [-0.3, -0.25) is 9.69 Å². The molecule has 5 heterocycles. The number of amides is 1. The lowest BCUT2D eigenvalue weighted by molar-refractivity contribution is -0.112. The number of hydrogen-bond acceptors (Lipinski definition) is 12. The first kappa shape index (κ1) is 59.2. The lowest BCUT2D eigenvalue weighted by atomic mass is 9.79. The van der Waals surface area contributed by atoms with Gasteiger partial charge in [-0.15, -0.1) is 11.3 Å². The molecule has 4 aromatic carbocycles. The van der Waals surface area contributed by atoms with E-state index in [1.54, 1.807) is 6.08 Å². The standard InChI is InChI=1S/C65H84N4O8SSi/c1-5-9-13-17-42-71-57-30-26-55(27-31-57)69(56-28-32-58(33-29-56)72-43-18-14-10-6-2)54-24-19-51(20-25-54)21-36-60-62-63(74-50-65(49-73-62,37-15-11-7-3)38-16-12-8-4)61(78-60)47-52(48-66)64(70)67-53-22-34-59(35-23-53)79-75-44-39-68(40-45-76-79)41-46-77-79/h19-36,47H,5-18,37-46,49-50H2,1-4H3,(H,67,70)/b36-21+,52-47+. The Hall–Kier alpha value is -5.92. The number of benzene rings is 4. The molecule has 0 spiro atoms. The maximum atomic E-state index is 14.0. The van der Waals surface area contributed by atoms with E-state index in [0.29, 0.717) is 68.3 Å². The summed E-state index contributed by atoms with van der Waals surface area (Å²) in [5.41, 5.74) is 4.36. The fraction of sp³-hybridized carbons (Fsp3) is 0.477. The van der Waals surface area contributed by atoms with Crippen molar-refractivity contribution in [2.24, 2.45) is 5.41 Å². The van der Waals surface area contributed by atoms with Crippen molar-refractivity contribution in [1.82, 2.24) is 4.90 Å². The summed E-state index contributed by atoms with van der Waals surface area (Å²) in [7, 11) is -3.11. The topological polar surface area (TPSA) is 124 Å². The van der Waals surface area contributed by atoms with E-state index < -0.39 is 14.7 Å². The van der Waals surface area contributed by atoms with Gasteiger partial charge in [0.05, 0.1) is 56.0 Å². The molecule has 3 fully saturated rings. The summed E-state index contributed by atoms with van der Waals surface area (Å²) in [5, 5.41) is 14.4. The highest BCUT2D eigenvalue weighted by molar-refractivity contribution is 7.14. The van der Waals surface area contributed by atoms with Crippen LogP contribution in [-0.2, 0) is 18.1 Å². The second kappa shape index (κ2) is 30.6. The maximum absolute atomic E-state index is 14.0. The summed E-state index contributed by atoms with van der Waals surface area (Å²) in [6.45, 7) is 15.5. The lowest BCUT2D eigenvalue weighted by Gasteiger charge is -2.38. The van der Waals surface area contributed by atoms with Gasteiger partial charge >= 0.3 is 8.80 Å². The molecule has 9 rings (SSSR count). The molecule has 1 N–H and O–H groups in total. The quantitative estimate of drug-likeness (QED) is 0.0213. The molecular weight excluding hydrogens is 1020 g/mol. The Bertz CT molecular complexity index is 2660. The normalized spacial score (nSPS) is 18.0. The van der Waals surface area contributed by atoms with E-state index in [-0.39, 0.29) is 11.0 Å². The van der Waals surface area contributed by atoms with E-state index in [1.165, 1.54) is 49.9 Å². The number of anilines is 4. The van der Waals surface area contributed by atoms with Crippen LogP contribution in [0.15, 0.2) is 103 Å². The molecule has 0 radical (unpaired) electrons. The Morgan fingerprint density at radius 1 is 0.633 bits per heavy atom. The van der Waals surface area contributed by atoms with E-state index in [0.717, 1.165) is 128 Å². The molecule has 1 amide bonds. The smallest absolute Gasteiger partial charge is 0.494 e. The molecule has 3 saturated heterocycles. The predicted octanol–water partition coefficient (Wildman–Crippen LogP) is 15.3. The van der Waals surface area contributed by atoms with Crippen molar-refractivity contribution in [3.05, 3.63) is 118 Å². The number of ether oxygens (including phenoxy) is 4. The van der Waals surface area contributed by atoms with Crippen LogP contribution >= 0.6 is 11.3 Å². The zero-order valence-corrected chi connectivity index (χ0v) is 49.2. The third-order valence-electron chi connectivity index (χ3n) is 15.1. The van der Waals surface area contributed by atoms with E-state index in [1.807, 2.05) is 24.3 Å². The highest BCUT2D eigenvalue weighted by Crippen LogP contribution is 2.49. The molecule has 2 bridgehead atoms. The van der Waals surface area contributed by atoms with E-state index in [4.69, 9.17) is 32.2 Å². The van der Waals surface area contributed by atoms with Crippen molar-refractivity contribution in [3.8, 4) is 29.1 Å². The molecule has 14 heteroatoms. The molecule has 5 aromatic rings. The highest BCUT2D eigenvalue weighted by atomic mass is 32.1. The third-order valence-corrected chi connectivity index (χ3v) is 18.9. The molecule has 0 aliphatic carbocycles. The number of carbonyl (C=O) groups is 1. The minimum Gasteiger partial charge on any atom is -0.494 e. The maximum Gasteiger partial charge on any atom is 0.537 e. The Balaban J connectivity index is 1.05. The molecule has 0 atom stereocenters. The average molecular weight is 1110 g/mol. The fourth-order valence-corrected chi connectivity index (χ4v) is 13.8. The van der Waals surface area contributed by atoms with Crippen molar-refractivity contribution >= 4 is 72.2 Å². The molecule has 0 unspecified atom stereocenters. The van der Waals surface area contributed by atoms with Crippen LogP contribution in [0.3, 0.4) is 0 Å². The van der Waals surface area contributed by atoms with E-state index in [2.05, 4.69) is 134 Å². The molecule has 1 aromatic heterocycles. The van der Waals surface area contributed by atoms with Gasteiger partial charge in [-0.05, 0) is 116 Å². The second-order valence-electron chi connectivity index (χ2n) is 21.2. The van der Waals surface area contributed by atoms with E-state index in [9.17, 15) is 10.1 Å². The van der Waals surface area contributed by atoms with Crippen LogP contribution in [0.1, 0.15) is 146 Å². The van der Waals surface area contributed by atoms with Crippen LogP contribution in [0.2, 0.25) is 0 Å². The van der Waals surface area contributed by atoms with Gasteiger partial charge in [-0.25, -0.2) is 0 Å². The van der Waals surface area contributed by atoms with Crippen LogP contribution in [0.4, 0.5) is 22.7 Å². The number of hydrogen-bond donors (Lipinski definition) is 1. The molecule has 0 saturated carbocycles. The summed E-state index contributed by atoms with van der Waals surface area (Å²) >= 11 is 1.45. The van der Waals surface area contributed by atoms with Gasteiger partial charge in [0.15, 0.2) is 11.5 Å². The predicted molar refractivity (Wildman–Crippen MR) is 324 cm³/mol. The van der Waals surface area contributed by atoms with Gasteiger partial charge in [0.1, 0.15) is 23.1 Å². The summed E-state index contributed by atoms with van der Waals surface area (Å²) < 4.78 is 44.9. The summed E-state index contributed by atoms with van der Waals surface area (Å²) in [6, 6.07) is 34.9. The molecule has 422 valence electrons. The second-order valence-corrected chi connectivity index (χ2v) is 24.8. The van der Waals surface area contributed by atoms with Crippen molar-refractivity contribution in [2.45, 2.75) is 130 Å². The molecule has 4 aliphatic rings.